The van der Waals surface area contributed by atoms with Crippen LogP contribution in [0.15, 0.2) is 41.2 Å². The first-order valence-corrected chi connectivity index (χ1v) is 7.78. The van der Waals surface area contributed by atoms with Crippen LogP contribution in [0.1, 0.15) is 31.1 Å². The molecule has 10 heteroatoms. The van der Waals surface area contributed by atoms with E-state index in [0.29, 0.717) is 16.5 Å². The first-order valence-electron chi connectivity index (χ1n) is 7.78. The van der Waals surface area contributed by atoms with E-state index in [-0.39, 0.29) is 22.4 Å². The summed E-state index contributed by atoms with van der Waals surface area (Å²) in [5.74, 6) is -2.05. The molecule has 0 aliphatic heterocycles. The number of carboxylic acids is 1. The van der Waals surface area contributed by atoms with Crippen molar-refractivity contribution in [2.24, 2.45) is 0 Å². The number of H-pyrrole nitrogens is 2. The standard InChI is InChI=1S/C10H11NO4.C8H6N2O3/c1-14-9(12)6-3-4-7(8(11)5-6)10(13)15-2;11-7-5-2-1-4(8(12)13)3-6(5)9-10-7/h3-5H,11H2,1-2H3;1-3H,(H,12,13)(H2,9,10,11). The van der Waals surface area contributed by atoms with Crippen LogP contribution in [-0.4, -0.2) is 47.4 Å². The zero-order chi connectivity index (χ0) is 20.8. The molecule has 0 unspecified atom stereocenters. The summed E-state index contributed by atoms with van der Waals surface area (Å²) in [5, 5.41) is 14.1. The number of esters is 2. The Hall–Kier alpha value is -4.08. The Morgan fingerprint density at radius 2 is 1.57 bits per heavy atom. The van der Waals surface area contributed by atoms with Crippen LogP contribution in [0.5, 0.6) is 0 Å². The normalized spacial score (nSPS) is 9.93. The minimum Gasteiger partial charge on any atom is -0.478 e. The lowest BCUT2D eigenvalue weighted by atomic mass is 10.1. The molecule has 3 rings (SSSR count). The Labute approximate surface area is 157 Å². The Bertz CT molecular complexity index is 1100. The van der Waals surface area contributed by atoms with E-state index in [1.165, 1.54) is 50.6 Å². The monoisotopic (exact) mass is 387 g/mol. The van der Waals surface area contributed by atoms with Gasteiger partial charge in [0.1, 0.15) is 0 Å². The molecular weight excluding hydrogens is 370 g/mol. The highest BCUT2D eigenvalue weighted by Crippen LogP contribution is 2.15. The lowest BCUT2D eigenvalue weighted by molar-refractivity contribution is 0.0587. The summed E-state index contributed by atoms with van der Waals surface area (Å²) in [5.41, 5.74) is 6.70. The molecule has 0 saturated carbocycles. The third-order valence-electron chi connectivity index (χ3n) is 3.70. The zero-order valence-corrected chi connectivity index (χ0v) is 14.9. The van der Waals surface area contributed by atoms with Crippen LogP contribution in [0.3, 0.4) is 0 Å². The molecule has 5 N–H and O–H groups in total. The molecule has 0 fully saturated rings. The predicted octanol–water partition coefficient (Wildman–Crippen LogP) is 1.40. The van der Waals surface area contributed by atoms with Crippen LogP contribution in [0.25, 0.3) is 10.9 Å². The van der Waals surface area contributed by atoms with Gasteiger partial charge in [0.05, 0.1) is 41.8 Å². The number of rotatable bonds is 3. The minimum absolute atomic E-state index is 0.155. The van der Waals surface area contributed by atoms with E-state index in [2.05, 4.69) is 19.7 Å². The van der Waals surface area contributed by atoms with Crippen molar-refractivity contribution >= 4 is 34.5 Å². The highest BCUT2D eigenvalue weighted by molar-refractivity contribution is 5.98. The first kappa shape index (κ1) is 20.2. The number of hydrogen-bond donors (Lipinski definition) is 4. The number of nitrogens with one attached hydrogen (secondary N) is 2. The number of nitrogens with two attached hydrogens (primary N) is 1. The van der Waals surface area contributed by atoms with Gasteiger partial charge in [0.25, 0.3) is 5.56 Å². The molecule has 3 aromatic rings. The van der Waals surface area contributed by atoms with Gasteiger partial charge in [0.2, 0.25) is 0 Å². The summed E-state index contributed by atoms with van der Waals surface area (Å²) in [6.45, 7) is 0. The largest absolute Gasteiger partial charge is 0.478 e. The van der Waals surface area contributed by atoms with E-state index in [0.717, 1.165) is 0 Å². The number of carbonyl (C=O) groups is 3. The lowest BCUT2D eigenvalue weighted by Crippen LogP contribution is -2.08. The van der Waals surface area contributed by atoms with Gasteiger partial charge in [-0.05, 0) is 36.4 Å². The Balaban J connectivity index is 0.000000202. The van der Waals surface area contributed by atoms with E-state index >= 15 is 0 Å². The molecule has 28 heavy (non-hydrogen) atoms. The summed E-state index contributed by atoms with van der Waals surface area (Å²) in [7, 11) is 2.53. The van der Waals surface area contributed by atoms with Crippen molar-refractivity contribution in [1.82, 2.24) is 10.2 Å². The molecule has 0 aliphatic carbocycles. The Morgan fingerprint density at radius 1 is 0.929 bits per heavy atom. The minimum atomic E-state index is -1.01. The number of aromatic amines is 2. The summed E-state index contributed by atoms with van der Waals surface area (Å²) in [4.78, 5) is 43.9. The fourth-order valence-corrected chi connectivity index (χ4v) is 2.27. The second-order valence-electron chi connectivity index (χ2n) is 5.43. The molecule has 1 heterocycles. The molecule has 0 aliphatic rings. The van der Waals surface area contributed by atoms with Gasteiger partial charge in [-0.2, -0.15) is 0 Å². The van der Waals surface area contributed by atoms with E-state index in [1.807, 2.05) is 0 Å². The maximum Gasteiger partial charge on any atom is 0.339 e. The number of fused-ring (bicyclic) bond motifs is 1. The number of aromatic nitrogens is 2. The van der Waals surface area contributed by atoms with E-state index < -0.39 is 17.9 Å². The molecule has 0 spiro atoms. The Morgan fingerprint density at radius 3 is 2.14 bits per heavy atom. The number of nitrogen functional groups attached to an aromatic ring is 1. The van der Waals surface area contributed by atoms with Crippen LogP contribution >= 0.6 is 0 Å². The van der Waals surface area contributed by atoms with Gasteiger partial charge in [0.15, 0.2) is 0 Å². The number of hydrogen-bond acceptors (Lipinski definition) is 7. The van der Waals surface area contributed by atoms with Crippen molar-refractivity contribution in [3.8, 4) is 0 Å². The van der Waals surface area contributed by atoms with Gasteiger partial charge < -0.3 is 20.3 Å². The molecule has 0 bridgehead atoms. The van der Waals surface area contributed by atoms with Crippen molar-refractivity contribution in [1.29, 1.82) is 0 Å². The number of benzene rings is 2. The van der Waals surface area contributed by atoms with E-state index in [4.69, 9.17) is 10.8 Å². The molecule has 0 radical (unpaired) electrons. The van der Waals surface area contributed by atoms with Gasteiger partial charge in [-0.15, -0.1) is 0 Å². The fraction of sp³-hybridized carbons (Fsp3) is 0.111. The lowest BCUT2D eigenvalue weighted by Gasteiger charge is -2.05. The van der Waals surface area contributed by atoms with Gasteiger partial charge >= 0.3 is 17.9 Å². The molecule has 2 aromatic carbocycles. The van der Waals surface area contributed by atoms with Crippen molar-refractivity contribution in [3.05, 3.63) is 63.4 Å². The van der Waals surface area contributed by atoms with Gasteiger partial charge in [-0.3, -0.25) is 15.0 Å². The maximum absolute atomic E-state index is 11.2. The molecule has 10 nitrogen and oxygen atoms in total. The van der Waals surface area contributed by atoms with Crippen molar-refractivity contribution in [2.45, 2.75) is 0 Å². The fourth-order valence-electron chi connectivity index (χ4n) is 2.27. The first-order chi connectivity index (χ1) is 13.3. The summed E-state index contributed by atoms with van der Waals surface area (Å²) < 4.78 is 9.02. The van der Waals surface area contributed by atoms with Gasteiger partial charge in [0, 0.05) is 5.69 Å². The van der Waals surface area contributed by atoms with Crippen molar-refractivity contribution < 1.29 is 29.0 Å². The maximum atomic E-state index is 11.2. The summed E-state index contributed by atoms with van der Waals surface area (Å²) in [6, 6.07) is 8.54. The van der Waals surface area contributed by atoms with Crippen molar-refractivity contribution in [2.75, 3.05) is 20.0 Å². The molecule has 0 saturated heterocycles. The third kappa shape index (κ3) is 4.36. The number of methoxy groups -OCH3 is 2. The average Bonchev–Trinajstić information content (AvgIpc) is 3.07. The highest BCUT2D eigenvalue weighted by atomic mass is 16.5. The van der Waals surface area contributed by atoms with E-state index in [9.17, 15) is 19.2 Å². The molecule has 146 valence electrons. The molecule has 0 amide bonds. The second-order valence-corrected chi connectivity index (χ2v) is 5.43. The smallest absolute Gasteiger partial charge is 0.339 e. The zero-order valence-electron chi connectivity index (χ0n) is 14.9. The number of ether oxygens (including phenoxy) is 2. The van der Waals surface area contributed by atoms with Crippen LogP contribution < -0.4 is 11.3 Å². The molecule has 1 aromatic heterocycles. The van der Waals surface area contributed by atoms with E-state index in [1.54, 1.807) is 0 Å². The summed E-state index contributed by atoms with van der Waals surface area (Å²) in [6.07, 6.45) is 0. The second kappa shape index (κ2) is 8.54. The van der Waals surface area contributed by atoms with Crippen LogP contribution in [-0.2, 0) is 9.47 Å². The third-order valence-corrected chi connectivity index (χ3v) is 3.70. The number of anilines is 1. The Kier molecular flexibility index (Phi) is 6.17. The quantitative estimate of drug-likeness (QED) is 0.387. The molecule has 0 atom stereocenters. The van der Waals surface area contributed by atoms with Crippen LogP contribution in [0.4, 0.5) is 5.69 Å². The SMILES string of the molecule is COC(=O)c1ccc(C(=O)OC)c(N)c1.O=C(O)c1ccc2c(=O)[nH][nH]c2c1. The number of carboxylic acid groups (broad SMARTS) is 1. The van der Waals surface area contributed by atoms with Gasteiger partial charge in [-0.1, -0.05) is 0 Å². The predicted molar refractivity (Wildman–Crippen MR) is 99.4 cm³/mol. The topological polar surface area (TPSA) is 165 Å². The highest BCUT2D eigenvalue weighted by Gasteiger charge is 2.13. The van der Waals surface area contributed by atoms with Crippen LogP contribution in [0.2, 0.25) is 0 Å². The molecular formula is C18H17N3O7. The average molecular weight is 387 g/mol. The summed E-state index contributed by atoms with van der Waals surface area (Å²) >= 11 is 0. The van der Waals surface area contributed by atoms with Crippen LogP contribution in [0, 0.1) is 0 Å². The number of aromatic carboxylic acids is 1. The number of carbonyl (C=O) groups excluding carboxylic acids is 2. The van der Waals surface area contributed by atoms with Crippen molar-refractivity contribution in [3.63, 3.8) is 0 Å². The van der Waals surface area contributed by atoms with Gasteiger partial charge in [-0.25, -0.2) is 14.4 Å².